The van der Waals surface area contributed by atoms with Crippen LogP contribution in [0.1, 0.15) is 13.8 Å². The first-order chi connectivity index (χ1) is 7.29. The Balaban J connectivity index is 2.91. The molecule has 0 amide bonds. The van der Waals surface area contributed by atoms with Gasteiger partial charge < -0.3 is 11.1 Å². The van der Waals surface area contributed by atoms with Crippen LogP contribution in [-0.4, -0.2) is 17.0 Å². The normalized spacial score (nSPS) is 11.2. The first kappa shape index (κ1) is 13.2. The molecule has 16 heavy (non-hydrogen) atoms. The number of anilines is 1. The number of hydrogen-bond donors (Lipinski definition) is 2. The van der Waals surface area contributed by atoms with E-state index in [-0.39, 0.29) is 5.69 Å². The van der Waals surface area contributed by atoms with E-state index in [1.54, 1.807) is 6.07 Å². The zero-order valence-corrected chi connectivity index (χ0v) is 11.3. The molecule has 1 rings (SSSR count). The largest absolute Gasteiger partial charge is 0.378 e. The van der Waals surface area contributed by atoms with Crippen molar-refractivity contribution in [2.24, 2.45) is 5.73 Å². The summed E-state index contributed by atoms with van der Waals surface area (Å²) in [7, 11) is 0. The lowest BCUT2D eigenvalue weighted by Crippen LogP contribution is -2.39. The fourth-order valence-electron chi connectivity index (χ4n) is 1.13. The maximum absolute atomic E-state index is 10.8. The van der Waals surface area contributed by atoms with Crippen molar-refractivity contribution in [3.63, 3.8) is 0 Å². The highest BCUT2D eigenvalue weighted by molar-refractivity contribution is 14.1. The predicted molar refractivity (Wildman–Crippen MR) is 72.6 cm³/mol. The minimum atomic E-state index is -0.406. The van der Waals surface area contributed by atoms with Gasteiger partial charge in [-0.05, 0) is 48.6 Å². The lowest BCUT2D eigenvalue weighted by molar-refractivity contribution is -0.384. The molecule has 0 bridgehead atoms. The summed E-state index contributed by atoms with van der Waals surface area (Å²) in [5.41, 5.74) is 5.98. The molecule has 0 spiro atoms. The van der Waals surface area contributed by atoms with E-state index in [0.29, 0.717) is 12.2 Å². The van der Waals surface area contributed by atoms with Gasteiger partial charge in [0.1, 0.15) is 5.69 Å². The fourth-order valence-corrected chi connectivity index (χ4v) is 1.60. The summed E-state index contributed by atoms with van der Waals surface area (Å²) in [4.78, 5) is 10.4. The molecule has 88 valence electrons. The SMILES string of the molecule is CC(C)(N)CNc1ccc(I)cc1[N+](=O)[O-]. The molecule has 0 aromatic heterocycles. The molecule has 5 nitrogen and oxygen atoms in total. The number of nitrogens with two attached hydrogens (primary N) is 1. The lowest BCUT2D eigenvalue weighted by Gasteiger charge is -2.19. The van der Waals surface area contributed by atoms with Gasteiger partial charge in [0, 0.05) is 21.7 Å². The van der Waals surface area contributed by atoms with Crippen LogP contribution < -0.4 is 11.1 Å². The summed E-state index contributed by atoms with van der Waals surface area (Å²) < 4.78 is 0.835. The van der Waals surface area contributed by atoms with Crippen molar-refractivity contribution in [2.45, 2.75) is 19.4 Å². The van der Waals surface area contributed by atoms with Crippen LogP contribution in [0, 0.1) is 13.7 Å². The first-order valence-electron chi connectivity index (χ1n) is 4.76. The molecule has 1 aromatic carbocycles. The summed E-state index contributed by atoms with van der Waals surface area (Å²) >= 11 is 2.04. The third kappa shape index (κ3) is 3.93. The van der Waals surface area contributed by atoms with Gasteiger partial charge in [0.25, 0.3) is 5.69 Å². The molecular formula is C10H14IN3O2. The molecule has 0 fully saturated rings. The summed E-state index contributed by atoms with van der Waals surface area (Å²) in [6, 6.07) is 5.05. The summed E-state index contributed by atoms with van der Waals surface area (Å²) in [5.74, 6) is 0. The Hall–Kier alpha value is -0.890. The molecule has 0 aliphatic carbocycles. The standard InChI is InChI=1S/C10H14IN3O2/c1-10(2,12)6-13-8-4-3-7(11)5-9(8)14(15)16/h3-5,13H,6,12H2,1-2H3. The van der Waals surface area contributed by atoms with E-state index in [9.17, 15) is 10.1 Å². The topological polar surface area (TPSA) is 81.2 Å². The predicted octanol–water partition coefficient (Wildman–Crippen LogP) is 2.35. The number of nitro groups is 1. The highest BCUT2D eigenvalue weighted by atomic mass is 127. The number of hydrogen-bond acceptors (Lipinski definition) is 4. The number of rotatable bonds is 4. The van der Waals surface area contributed by atoms with Crippen molar-refractivity contribution in [2.75, 3.05) is 11.9 Å². The lowest BCUT2D eigenvalue weighted by atomic mass is 10.1. The smallest absolute Gasteiger partial charge is 0.293 e. The molecule has 0 atom stereocenters. The Bertz CT molecular complexity index is 402. The van der Waals surface area contributed by atoms with Crippen LogP contribution in [0.4, 0.5) is 11.4 Å². The molecule has 1 aromatic rings. The van der Waals surface area contributed by atoms with Crippen LogP contribution in [0.3, 0.4) is 0 Å². The second-order valence-electron chi connectivity index (χ2n) is 4.26. The first-order valence-corrected chi connectivity index (χ1v) is 5.84. The van der Waals surface area contributed by atoms with Gasteiger partial charge in [0.15, 0.2) is 0 Å². The van der Waals surface area contributed by atoms with Crippen molar-refractivity contribution in [3.05, 3.63) is 31.9 Å². The average Bonchev–Trinajstić information content (AvgIpc) is 2.14. The van der Waals surface area contributed by atoms with Crippen LogP contribution >= 0.6 is 22.6 Å². The maximum Gasteiger partial charge on any atom is 0.293 e. The van der Waals surface area contributed by atoms with Gasteiger partial charge >= 0.3 is 0 Å². The van der Waals surface area contributed by atoms with Gasteiger partial charge in [0.05, 0.1) is 4.92 Å². The van der Waals surface area contributed by atoms with E-state index in [1.807, 2.05) is 42.5 Å². The highest BCUT2D eigenvalue weighted by Gasteiger charge is 2.16. The monoisotopic (exact) mass is 335 g/mol. The van der Waals surface area contributed by atoms with Crippen LogP contribution in [0.15, 0.2) is 18.2 Å². The van der Waals surface area contributed by atoms with Crippen molar-refractivity contribution in [1.29, 1.82) is 0 Å². The minimum absolute atomic E-state index is 0.0798. The number of nitrogens with zero attached hydrogens (tertiary/aromatic N) is 1. The van der Waals surface area contributed by atoms with Crippen molar-refractivity contribution in [3.8, 4) is 0 Å². The average molecular weight is 335 g/mol. The summed E-state index contributed by atoms with van der Waals surface area (Å²) in [5, 5.41) is 13.8. The quantitative estimate of drug-likeness (QED) is 0.503. The minimum Gasteiger partial charge on any atom is -0.378 e. The van der Waals surface area contributed by atoms with E-state index < -0.39 is 10.5 Å². The molecule has 6 heteroatoms. The molecule has 0 aliphatic rings. The third-order valence-corrected chi connectivity index (χ3v) is 2.56. The zero-order valence-electron chi connectivity index (χ0n) is 9.16. The van der Waals surface area contributed by atoms with E-state index in [0.717, 1.165) is 3.57 Å². The second-order valence-corrected chi connectivity index (χ2v) is 5.51. The highest BCUT2D eigenvalue weighted by Crippen LogP contribution is 2.26. The molecule has 0 heterocycles. The Morgan fingerprint density at radius 2 is 2.19 bits per heavy atom. The van der Waals surface area contributed by atoms with Gasteiger partial charge in [0.2, 0.25) is 0 Å². The van der Waals surface area contributed by atoms with Gasteiger partial charge in [-0.2, -0.15) is 0 Å². The van der Waals surface area contributed by atoms with Crippen molar-refractivity contribution < 1.29 is 4.92 Å². The Kier molecular flexibility index (Phi) is 4.09. The fraction of sp³-hybridized carbons (Fsp3) is 0.400. The van der Waals surface area contributed by atoms with E-state index in [2.05, 4.69) is 5.32 Å². The summed E-state index contributed by atoms with van der Waals surface area (Å²) in [6.07, 6.45) is 0. The van der Waals surface area contributed by atoms with Crippen molar-refractivity contribution in [1.82, 2.24) is 0 Å². The van der Waals surface area contributed by atoms with Crippen LogP contribution in [0.5, 0.6) is 0 Å². The van der Waals surface area contributed by atoms with Gasteiger partial charge in [-0.15, -0.1) is 0 Å². The number of nitro benzene ring substituents is 1. The third-order valence-electron chi connectivity index (χ3n) is 1.89. The number of nitrogens with one attached hydrogen (secondary N) is 1. The number of benzene rings is 1. The van der Waals surface area contributed by atoms with E-state index in [1.165, 1.54) is 6.07 Å². The van der Waals surface area contributed by atoms with E-state index >= 15 is 0 Å². The van der Waals surface area contributed by atoms with Gasteiger partial charge in [-0.25, -0.2) is 0 Å². The molecule has 0 saturated heterocycles. The van der Waals surface area contributed by atoms with Crippen LogP contribution in [0.2, 0.25) is 0 Å². The number of halogens is 1. The van der Waals surface area contributed by atoms with Gasteiger partial charge in [-0.3, -0.25) is 10.1 Å². The summed E-state index contributed by atoms with van der Waals surface area (Å²) in [6.45, 7) is 4.20. The molecule has 0 saturated carbocycles. The molecule has 3 N–H and O–H groups in total. The Morgan fingerprint density at radius 1 is 1.56 bits per heavy atom. The Labute approximate surface area is 108 Å². The van der Waals surface area contributed by atoms with Crippen LogP contribution in [0.25, 0.3) is 0 Å². The second kappa shape index (κ2) is 4.96. The molecular weight excluding hydrogens is 321 g/mol. The molecule has 0 radical (unpaired) electrons. The van der Waals surface area contributed by atoms with Crippen LogP contribution in [-0.2, 0) is 0 Å². The molecule has 0 aliphatic heterocycles. The van der Waals surface area contributed by atoms with Gasteiger partial charge in [-0.1, -0.05) is 0 Å². The maximum atomic E-state index is 10.8. The Morgan fingerprint density at radius 3 is 2.69 bits per heavy atom. The molecule has 0 unspecified atom stereocenters. The van der Waals surface area contributed by atoms with Crippen molar-refractivity contribution >= 4 is 34.0 Å². The zero-order chi connectivity index (χ0) is 12.3. The van der Waals surface area contributed by atoms with E-state index in [4.69, 9.17) is 5.73 Å².